The first-order valence-electron chi connectivity index (χ1n) is 8.20. The molecule has 1 aromatic carbocycles. The minimum Gasteiger partial charge on any atom is -0.497 e. The Hall–Kier alpha value is -2.63. The monoisotopic (exact) mass is 328 g/mol. The number of ether oxygens (including phenoxy) is 1. The second kappa shape index (κ2) is 9.50. The van der Waals surface area contributed by atoms with Crippen LogP contribution in [-0.2, 0) is 6.42 Å². The van der Waals surface area contributed by atoms with E-state index >= 15 is 0 Å². The quantitative estimate of drug-likeness (QED) is 0.692. The van der Waals surface area contributed by atoms with Crippen LogP contribution in [0.15, 0.2) is 36.7 Å². The van der Waals surface area contributed by atoms with Gasteiger partial charge in [-0.15, -0.1) is 0 Å². The van der Waals surface area contributed by atoms with Gasteiger partial charge in [-0.2, -0.15) is 0 Å². The molecule has 0 aliphatic rings. The molecule has 128 valence electrons. The molecule has 1 aromatic heterocycles. The normalized spacial score (nSPS) is 10.2. The van der Waals surface area contributed by atoms with Gasteiger partial charge in [0.1, 0.15) is 23.6 Å². The molecule has 0 saturated heterocycles. The van der Waals surface area contributed by atoms with E-state index < -0.39 is 0 Å². The summed E-state index contributed by atoms with van der Waals surface area (Å²) in [5, 5.41) is 6.07. The van der Waals surface area contributed by atoms with Crippen LogP contribution < -0.4 is 15.4 Å². The summed E-state index contributed by atoms with van der Waals surface area (Å²) in [4.78, 5) is 20.3. The molecule has 2 aromatic rings. The van der Waals surface area contributed by atoms with Gasteiger partial charge in [0, 0.05) is 19.2 Å². The Morgan fingerprint density at radius 2 is 2.08 bits per heavy atom. The molecule has 24 heavy (non-hydrogen) atoms. The molecular weight excluding hydrogens is 304 g/mol. The largest absolute Gasteiger partial charge is 0.497 e. The molecule has 1 heterocycles. The molecule has 0 aliphatic carbocycles. The maximum Gasteiger partial charge on any atom is 0.270 e. The summed E-state index contributed by atoms with van der Waals surface area (Å²) in [6.45, 7) is 3.50. The van der Waals surface area contributed by atoms with Crippen molar-refractivity contribution in [3.63, 3.8) is 0 Å². The van der Waals surface area contributed by atoms with E-state index in [0.717, 1.165) is 37.1 Å². The summed E-state index contributed by atoms with van der Waals surface area (Å²) in [5.41, 5.74) is 1.48. The Kier molecular flexibility index (Phi) is 7.01. The Morgan fingerprint density at radius 3 is 2.88 bits per heavy atom. The molecule has 2 rings (SSSR count). The number of amides is 1. The number of rotatable bonds is 9. The summed E-state index contributed by atoms with van der Waals surface area (Å²) in [7, 11) is 1.64. The van der Waals surface area contributed by atoms with Gasteiger partial charge >= 0.3 is 0 Å². The predicted octanol–water partition coefficient (Wildman–Crippen LogP) is 2.67. The number of hydrogen-bond donors (Lipinski definition) is 2. The Labute approximate surface area is 142 Å². The van der Waals surface area contributed by atoms with Gasteiger partial charge in [-0.3, -0.25) is 4.79 Å². The number of nitrogens with one attached hydrogen (secondary N) is 2. The zero-order valence-electron chi connectivity index (χ0n) is 14.2. The predicted molar refractivity (Wildman–Crippen MR) is 94.5 cm³/mol. The van der Waals surface area contributed by atoms with Gasteiger partial charge < -0.3 is 15.4 Å². The summed E-state index contributed by atoms with van der Waals surface area (Å²) < 4.78 is 5.19. The van der Waals surface area contributed by atoms with Crippen molar-refractivity contribution in [2.75, 3.05) is 25.5 Å². The van der Waals surface area contributed by atoms with Crippen LogP contribution in [0.3, 0.4) is 0 Å². The fourth-order valence-electron chi connectivity index (χ4n) is 2.21. The average Bonchev–Trinajstić information content (AvgIpc) is 2.62. The number of nitrogens with zero attached hydrogens (tertiary/aromatic N) is 2. The second-order valence-corrected chi connectivity index (χ2v) is 5.43. The second-order valence-electron chi connectivity index (χ2n) is 5.43. The first kappa shape index (κ1) is 17.7. The number of unbranched alkanes of at least 4 members (excludes halogenated alkanes) is 1. The SMILES string of the molecule is CCCCNc1cc(C(=O)NCCc2cccc(OC)c2)ncn1. The van der Waals surface area contributed by atoms with Crippen molar-refractivity contribution in [2.24, 2.45) is 0 Å². The fraction of sp³-hybridized carbons (Fsp3) is 0.389. The standard InChI is InChI=1S/C18H24N4O2/c1-3-4-9-19-17-12-16(21-13-22-17)18(23)20-10-8-14-6-5-7-15(11-14)24-2/h5-7,11-13H,3-4,8-10H2,1-2H3,(H,20,23)(H,19,21,22). The van der Waals surface area contributed by atoms with Gasteiger partial charge in [-0.25, -0.2) is 9.97 Å². The van der Waals surface area contributed by atoms with Crippen LogP contribution >= 0.6 is 0 Å². The Bertz CT molecular complexity index is 661. The van der Waals surface area contributed by atoms with Crippen LogP contribution in [0.5, 0.6) is 5.75 Å². The van der Waals surface area contributed by atoms with Crippen LogP contribution in [0, 0.1) is 0 Å². The minimum atomic E-state index is -0.196. The molecule has 6 nitrogen and oxygen atoms in total. The van der Waals surface area contributed by atoms with E-state index in [4.69, 9.17) is 4.74 Å². The average molecular weight is 328 g/mol. The van der Waals surface area contributed by atoms with Crippen LogP contribution in [-0.4, -0.2) is 36.1 Å². The van der Waals surface area contributed by atoms with Gasteiger partial charge in [0.25, 0.3) is 5.91 Å². The number of carbonyl (C=O) groups excluding carboxylic acids is 1. The third-order valence-electron chi connectivity index (χ3n) is 3.57. The molecule has 0 unspecified atom stereocenters. The van der Waals surface area contributed by atoms with Crippen molar-refractivity contribution in [3.05, 3.63) is 47.9 Å². The first-order chi connectivity index (χ1) is 11.7. The zero-order valence-corrected chi connectivity index (χ0v) is 14.2. The molecule has 1 amide bonds. The molecule has 0 bridgehead atoms. The topological polar surface area (TPSA) is 76.1 Å². The smallest absolute Gasteiger partial charge is 0.270 e. The van der Waals surface area contributed by atoms with Gasteiger partial charge in [0.2, 0.25) is 0 Å². The van der Waals surface area contributed by atoms with E-state index in [1.54, 1.807) is 13.2 Å². The third kappa shape index (κ3) is 5.53. The van der Waals surface area contributed by atoms with Crippen LogP contribution in [0.2, 0.25) is 0 Å². The summed E-state index contributed by atoms with van der Waals surface area (Å²) >= 11 is 0. The number of aromatic nitrogens is 2. The maximum absolute atomic E-state index is 12.2. The lowest BCUT2D eigenvalue weighted by Gasteiger charge is -2.08. The highest BCUT2D eigenvalue weighted by Crippen LogP contribution is 2.12. The lowest BCUT2D eigenvalue weighted by molar-refractivity contribution is 0.0949. The number of carbonyl (C=O) groups is 1. The fourth-order valence-corrected chi connectivity index (χ4v) is 2.21. The van der Waals surface area contributed by atoms with Crippen molar-refractivity contribution in [2.45, 2.75) is 26.2 Å². The molecule has 0 aliphatic heterocycles. The molecule has 0 fully saturated rings. The summed E-state index contributed by atoms with van der Waals surface area (Å²) in [5.74, 6) is 1.30. The number of hydrogen-bond acceptors (Lipinski definition) is 5. The summed E-state index contributed by atoms with van der Waals surface area (Å²) in [6.07, 6.45) is 4.31. The van der Waals surface area contributed by atoms with Gasteiger partial charge in [0.15, 0.2) is 0 Å². The van der Waals surface area contributed by atoms with E-state index in [-0.39, 0.29) is 5.91 Å². The van der Waals surface area contributed by atoms with Gasteiger partial charge in [0.05, 0.1) is 7.11 Å². The highest BCUT2D eigenvalue weighted by molar-refractivity contribution is 5.92. The van der Waals surface area contributed by atoms with E-state index in [0.29, 0.717) is 18.1 Å². The lowest BCUT2D eigenvalue weighted by Crippen LogP contribution is -2.26. The third-order valence-corrected chi connectivity index (χ3v) is 3.57. The van der Waals surface area contributed by atoms with Crippen molar-refractivity contribution in [1.29, 1.82) is 0 Å². The maximum atomic E-state index is 12.2. The molecular formula is C18H24N4O2. The lowest BCUT2D eigenvalue weighted by atomic mass is 10.1. The molecule has 0 atom stereocenters. The van der Waals surface area contributed by atoms with E-state index in [1.165, 1.54) is 6.33 Å². The van der Waals surface area contributed by atoms with E-state index in [9.17, 15) is 4.79 Å². The first-order valence-corrected chi connectivity index (χ1v) is 8.20. The summed E-state index contributed by atoms with van der Waals surface area (Å²) in [6, 6.07) is 9.49. The van der Waals surface area contributed by atoms with Crippen LogP contribution in [0.4, 0.5) is 5.82 Å². The van der Waals surface area contributed by atoms with Crippen molar-refractivity contribution in [1.82, 2.24) is 15.3 Å². The van der Waals surface area contributed by atoms with Crippen molar-refractivity contribution < 1.29 is 9.53 Å². The Balaban J connectivity index is 1.84. The van der Waals surface area contributed by atoms with Gasteiger partial charge in [-0.05, 0) is 30.5 Å². The molecule has 0 radical (unpaired) electrons. The highest BCUT2D eigenvalue weighted by Gasteiger charge is 2.08. The number of anilines is 1. The highest BCUT2D eigenvalue weighted by atomic mass is 16.5. The van der Waals surface area contributed by atoms with Gasteiger partial charge in [-0.1, -0.05) is 25.5 Å². The number of methoxy groups -OCH3 is 1. The number of benzene rings is 1. The molecule has 6 heteroatoms. The van der Waals surface area contributed by atoms with Crippen molar-refractivity contribution in [3.8, 4) is 5.75 Å². The molecule has 0 spiro atoms. The van der Waals surface area contributed by atoms with Crippen LogP contribution in [0.1, 0.15) is 35.8 Å². The van der Waals surface area contributed by atoms with E-state index in [2.05, 4.69) is 27.5 Å². The zero-order chi connectivity index (χ0) is 17.2. The van der Waals surface area contributed by atoms with Crippen molar-refractivity contribution >= 4 is 11.7 Å². The molecule has 0 saturated carbocycles. The molecule has 2 N–H and O–H groups in total. The van der Waals surface area contributed by atoms with Crippen LogP contribution in [0.25, 0.3) is 0 Å². The minimum absolute atomic E-state index is 0.196. The van der Waals surface area contributed by atoms with E-state index in [1.807, 2.05) is 24.3 Å². The Morgan fingerprint density at radius 1 is 1.21 bits per heavy atom.